The normalized spacial score (nSPS) is 19.0. The zero-order valence-corrected chi connectivity index (χ0v) is 17.4. The van der Waals surface area contributed by atoms with E-state index < -0.39 is 0 Å². The van der Waals surface area contributed by atoms with E-state index in [4.69, 9.17) is 4.52 Å². The number of hydrogen-bond donors (Lipinski definition) is 0. The minimum Gasteiger partial charge on any atom is -0.341 e. The zero-order valence-electron chi connectivity index (χ0n) is 17.4. The lowest BCUT2D eigenvalue weighted by atomic mass is 9.96. The van der Waals surface area contributed by atoms with Crippen molar-refractivity contribution < 1.29 is 14.1 Å². The van der Waals surface area contributed by atoms with E-state index in [2.05, 4.69) is 20.1 Å². The van der Waals surface area contributed by atoms with Crippen LogP contribution in [0.25, 0.3) is 11.5 Å². The number of aromatic nitrogens is 4. The van der Waals surface area contributed by atoms with Crippen LogP contribution in [0.15, 0.2) is 41.3 Å². The molecule has 158 valence electrons. The maximum absolute atomic E-state index is 12.9. The SMILES string of the molecule is Cc1ccc(N2C[C@H](C(=O)N3CC(c4nc(-c5cnccn5)no4)C3)CC2=O)cc1C. The molecule has 0 N–H and O–H groups in total. The number of hydrogen-bond acceptors (Lipinski definition) is 7. The first kappa shape index (κ1) is 19.3. The van der Waals surface area contributed by atoms with Gasteiger partial charge in [0.25, 0.3) is 0 Å². The van der Waals surface area contributed by atoms with E-state index in [1.165, 1.54) is 5.56 Å². The Morgan fingerprint density at radius 3 is 2.71 bits per heavy atom. The summed E-state index contributed by atoms with van der Waals surface area (Å²) in [6, 6.07) is 5.95. The predicted octanol–water partition coefficient (Wildman–Crippen LogP) is 2.12. The summed E-state index contributed by atoms with van der Waals surface area (Å²) in [6.45, 7) is 5.50. The fourth-order valence-corrected chi connectivity index (χ4v) is 4.01. The van der Waals surface area contributed by atoms with Gasteiger partial charge in [0, 0.05) is 44.1 Å². The van der Waals surface area contributed by atoms with Crippen molar-refractivity contribution >= 4 is 17.5 Å². The second-order valence-electron chi connectivity index (χ2n) is 8.16. The van der Waals surface area contributed by atoms with Crippen molar-refractivity contribution in [3.8, 4) is 11.5 Å². The van der Waals surface area contributed by atoms with E-state index in [9.17, 15) is 9.59 Å². The van der Waals surface area contributed by atoms with Gasteiger partial charge in [0.05, 0.1) is 18.0 Å². The molecule has 0 radical (unpaired) electrons. The molecule has 5 rings (SSSR count). The molecule has 9 nitrogen and oxygen atoms in total. The number of carbonyl (C=O) groups excluding carboxylic acids is 2. The monoisotopic (exact) mass is 418 g/mol. The average Bonchev–Trinajstić information content (AvgIpc) is 3.37. The fraction of sp³-hybridized carbons (Fsp3) is 0.364. The molecule has 0 aliphatic carbocycles. The van der Waals surface area contributed by atoms with Crippen LogP contribution in [0.3, 0.4) is 0 Å². The number of carbonyl (C=O) groups is 2. The van der Waals surface area contributed by atoms with Gasteiger partial charge in [-0.2, -0.15) is 4.98 Å². The van der Waals surface area contributed by atoms with Gasteiger partial charge < -0.3 is 14.3 Å². The molecule has 0 spiro atoms. The lowest BCUT2D eigenvalue weighted by Gasteiger charge is -2.38. The summed E-state index contributed by atoms with van der Waals surface area (Å²) < 4.78 is 5.36. The maximum atomic E-state index is 12.9. The number of benzene rings is 1. The largest absolute Gasteiger partial charge is 0.341 e. The van der Waals surface area contributed by atoms with Gasteiger partial charge in [-0.15, -0.1) is 0 Å². The first-order chi connectivity index (χ1) is 15.0. The molecule has 2 aromatic heterocycles. The third-order valence-corrected chi connectivity index (χ3v) is 6.05. The average molecular weight is 418 g/mol. The lowest BCUT2D eigenvalue weighted by Crippen LogP contribution is -2.51. The molecule has 2 aliphatic heterocycles. The molecule has 0 unspecified atom stereocenters. The summed E-state index contributed by atoms with van der Waals surface area (Å²) in [4.78, 5) is 41.5. The minimum atomic E-state index is -0.326. The third-order valence-electron chi connectivity index (χ3n) is 6.05. The summed E-state index contributed by atoms with van der Waals surface area (Å²) in [5, 5.41) is 3.96. The van der Waals surface area contributed by atoms with E-state index >= 15 is 0 Å². The molecule has 1 aromatic carbocycles. The van der Waals surface area contributed by atoms with Gasteiger partial charge in [0.15, 0.2) is 0 Å². The van der Waals surface area contributed by atoms with Crippen LogP contribution in [0, 0.1) is 19.8 Å². The van der Waals surface area contributed by atoms with Crippen LogP contribution < -0.4 is 4.90 Å². The number of aryl methyl sites for hydroxylation is 2. The Morgan fingerprint density at radius 2 is 1.97 bits per heavy atom. The Labute approximate surface area is 179 Å². The summed E-state index contributed by atoms with van der Waals surface area (Å²) in [6.07, 6.45) is 4.96. The summed E-state index contributed by atoms with van der Waals surface area (Å²) in [5.41, 5.74) is 3.71. The zero-order chi connectivity index (χ0) is 21.5. The lowest BCUT2D eigenvalue weighted by molar-refractivity contribution is -0.140. The van der Waals surface area contributed by atoms with Crippen molar-refractivity contribution in [3.63, 3.8) is 0 Å². The van der Waals surface area contributed by atoms with Crippen molar-refractivity contribution in [2.24, 2.45) is 5.92 Å². The number of amides is 2. The van der Waals surface area contributed by atoms with E-state index in [0.717, 1.165) is 11.3 Å². The topological polar surface area (TPSA) is 105 Å². The van der Waals surface area contributed by atoms with Crippen molar-refractivity contribution in [3.05, 3.63) is 53.8 Å². The number of anilines is 1. The van der Waals surface area contributed by atoms with Gasteiger partial charge in [-0.05, 0) is 37.1 Å². The van der Waals surface area contributed by atoms with E-state index in [1.807, 2.05) is 32.0 Å². The maximum Gasteiger partial charge on any atom is 0.233 e. The number of nitrogens with zero attached hydrogens (tertiary/aromatic N) is 6. The highest BCUT2D eigenvalue weighted by molar-refractivity contribution is 6.00. The molecule has 2 saturated heterocycles. The summed E-state index contributed by atoms with van der Waals surface area (Å²) >= 11 is 0. The highest BCUT2D eigenvalue weighted by Crippen LogP contribution is 2.32. The Hall–Kier alpha value is -3.62. The first-order valence-corrected chi connectivity index (χ1v) is 10.3. The molecular weight excluding hydrogens is 396 g/mol. The molecular formula is C22H22N6O3. The summed E-state index contributed by atoms with van der Waals surface area (Å²) in [5.74, 6) is 0.541. The Kier molecular flexibility index (Phi) is 4.72. The predicted molar refractivity (Wildman–Crippen MR) is 111 cm³/mol. The van der Waals surface area contributed by atoms with Gasteiger partial charge in [0.1, 0.15) is 5.69 Å². The van der Waals surface area contributed by atoms with Crippen LogP contribution >= 0.6 is 0 Å². The molecule has 9 heteroatoms. The standard InChI is InChI=1S/C22H22N6O3/c1-13-3-4-17(7-14(13)2)28-12-15(8-19(28)29)22(30)27-10-16(11-27)21-25-20(26-31-21)18-9-23-5-6-24-18/h3-7,9,15-16H,8,10-12H2,1-2H3/t15-/m1/s1. The molecule has 31 heavy (non-hydrogen) atoms. The molecule has 0 bridgehead atoms. The molecule has 1 atom stereocenters. The van der Waals surface area contributed by atoms with Crippen LogP contribution in [-0.2, 0) is 9.59 Å². The van der Waals surface area contributed by atoms with Crippen molar-refractivity contribution in [1.29, 1.82) is 0 Å². The van der Waals surface area contributed by atoms with Crippen molar-refractivity contribution in [2.75, 3.05) is 24.5 Å². The highest BCUT2D eigenvalue weighted by atomic mass is 16.5. The fourth-order valence-electron chi connectivity index (χ4n) is 4.01. The van der Waals surface area contributed by atoms with E-state index in [0.29, 0.717) is 37.0 Å². The van der Waals surface area contributed by atoms with Crippen LogP contribution in [0.2, 0.25) is 0 Å². The second-order valence-corrected chi connectivity index (χ2v) is 8.16. The highest BCUT2D eigenvalue weighted by Gasteiger charge is 2.42. The molecule has 4 heterocycles. The molecule has 0 saturated carbocycles. The van der Waals surface area contributed by atoms with E-state index in [1.54, 1.807) is 28.4 Å². The second kappa shape index (κ2) is 7.57. The molecule has 2 amide bonds. The van der Waals surface area contributed by atoms with Crippen LogP contribution in [0.5, 0.6) is 0 Å². The third kappa shape index (κ3) is 3.56. The number of likely N-dealkylation sites (tertiary alicyclic amines) is 1. The Bertz CT molecular complexity index is 1140. The Balaban J connectivity index is 1.20. The first-order valence-electron chi connectivity index (χ1n) is 10.3. The van der Waals surface area contributed by atoms with Gasteiger partial charge in [-0.3, -0.25) is 14.6 Å². The van der Waals surface area contributed by atoms with Crippen LogP contribution in [0.1, 0.15) is 29.4 Å². The Morgan fingerprint density at radius 1 is 1.13 bits per heavy atom. The molecule has 2 aliphatic rings. The van der Waals surface area contributed by atoms with Crippen LogP contribution in [-0.4, -0.2) is 56.5 Å². The van der Waals surface area contributed by atoms with Crippen molar-refractivity contribution in [2.45, 2.75) is 26.2 Å². The molecule has 3 aromatic rings. The van der Waals surface area contributed by atoms with Gasteiger partial charge >= 0.3 is 0 Å². The van der Waals surface area contributed by atoms with Gasteiger partial charge in [-0.1, -0.05) is 11.2 Å². The van der Waals surface area contributed by atoms with Gasteiger partial charge in [-0.25, -0.2) is 4.98 Å². The smallest absolute Gasteiger partial charge is 0.233 e. The van der Waals surface area contributed by atoms with Crippen LogP contribution in [0.4, 0.5) is 5.69 Å². The van der Waals surface area contributed by atoms with Gasteiger partial charge in [0.2, 0.25) is 23.5 Å². The van der Waals surface area contributed by atoms with E-state index in [-0.39, 0.29) is 30.1 Å². The van der Waals surface area contributed by atoms with Crippen molar-refractivity contribution in [1.82, 2.24) is 25.0 Å². The molecule has 2 fully saturated rings. The minimum absolute atomic E-state index is 0.00426. The summed E-state index contributed by atoms with van der Waals surface area (Å²) in [7, 11) is 0. The number of rotatable bonds is 4. The quantitative estimate of drug-likeness (QED) is 0.639.